The molecule has 1 saturated heterocycles. The van der Waals surface area contributed by atoms with Gasteiger partial charge in [0.1, 0.15) is 5.69 Å². The van der Waals surface area contributed by atoms with E-state index in [1.165, 1.54) is 37.1 Å². The molecule has 0 aliphatic carbocycles. The molecule has 1 amide bonds. The number of nitrogens with one attached hydrogen (secondary N) is 1. The molecule has 6 nitrogen and oxygen atoms in total. The SMILES string of the molecule is Cc1ccc(C(=O)Nc2ccc(CN3CCCC3)c(C)c2)cc1C#Cc1cnc2cnccn12. The highest BCUT2D eigenvalue weighted by Crippen LogP contribution is 2.20. The van der Waals surface area contributed by atoms with Gasteiger partial charge in [-0.3, -0.25) is 19.1 Å². The number of carbonyl (C=O) groups excluding carboxylic acids is 1. The lowest BCUT2D eigenvalue weighted by molar-refractivity contribution is 0.102. The van der Waals surface area contributed by atoms with E-state index < -0.39 is 0 Å². The molecular weight excluding hydrogens is 422 g/mol. The first-order valence-electron chi connectivity index (χ1n) is 11.6. The molecule has 5 rings (SSSR count). The minimum Gasteiger partial charge on any atom is -0.322 e. The number of aromatic nitrogens is 3. The molecule has 0 unspecified atom stereocenters. The summed E-state index contributed by atoms with van der Waals surface area (Å²) in [4.78, 5) is 23.9. The topological polar surface area (TPSA) is 62.5 Å². The molecule has 170 valence electrons. The van der Waals surface area contributed by atoms with Gasteiger partial charge in [-0.15, -0.1) is 0 Å². The van der Waals surface area contributed by atoms with Crippen LogP contribution in [0.15, 0.2) is 61.2 Å². The molecule has 0 atom stereocenters. The Balaban J connectivity index is 1.32. The molecule has 4 aromatic rings. The number of imidazole rings is 1. The first-order valence-corrected chi connectivity index (χ1v) is 11.6. The van der Waals surface area contributed by atoms with Crippen LogP contribution in [0.25, 0.3) is 5.65 Å². The predicted molar refractivity (Wildman–Crippen MR) is 134 cm³/mol. The number of fused-ring (bicyclic) bond motifs is 1. The van der Waals surface area contributed by atoms with Gasteiger partial charge in [0.05, 0.1) is 12.4 Å². The lowest BCUT2D eigenvalue weighted by Gasteiger charge is -2.17. The molecule has 1 fully saturated rings. The lowest BCUT2D eigenvalue weighted by Crippen LogP contribution is -2.19. The van der Waals surface area contributed by atoms with Crippen molar-refractivity contribution in [2.24, 2.45) is 0 Å². The van der Waals surface area contributed by atoms with Crippen molar-refractivity contribution in [3.63, 3.8) is 0 Å². The molecule has 0 spiro atoms. The van der Waals surface area contributed by atoms with Crippen LogP contribution >= 0.6 is 0 Å². The van der Waals surface area contributed by atoms with Crippen molar-refractivity contribution >= 4 is 17.2 Å². The van der Waals surface area contributed by atoms with Crippen molar-refractivity contribution in [2.75, 3.05) is 18.4 Å². The van der Waals surface area contributed by atoms with Crippen LogP contribution in [0.3, 0.4) is 0 Å². The maximum Gasteiger partial charge on any atom is 0.255 e. The van der Waals surface area contributed by atoms with E-state index in [0.717, 1.165) is 34.7 Å². The zero-order valence-corrected chi connectivity index (χ0v) is 19.5. The van der Waals surface area contributed by atoms with Crippen molar-refractivity contribution in [3.8, 4) is 11.8 Å². The van der Waals surface area contributed by atoms with E-state index in [-0.39, 0.29) is 5.91 Å². The third kappa shape index (κ3) is 4.70. The molecule has 0 radical (unpaired) electrons. The van der Waals surface area contributed by atoms with Gasteiger partial charge in [-0.25, -0.2) is 4.98 Å². The van der Waals surface area contributed by atoms with Gasteiger partial charge in [-0.05, 0) is 86.7 Å². The van der Waals surface area contributed by atoms with E-state index in [0.29, 0.717) is 5.56 Å². The number of nitrogens with zero attached hydrogens (tertiary/aromatic N) is 4. The third-order valence-corrected chi connectivity index (χ3v) is 6.34. The monoisotopic (exact) mass is 449 g/mol. The van der Waals surface area contributed by atoms with E-state index in [1.54, 1.807) is 18.6 Å². The van der Waals surface area contributed by atoms with Gasteiger partial charge < -0.3 is 5.32 Å². The molecule has 1 aliphatic heterocycles. The zero-order chi connectivity index (χ0) is 23.5. The Labute approximate surface area is 199 Å². The van der Waals surface area contributed by atoms with E-state index in [2.05, 4.69) is 51.1 Å². The van der Waals surface area contributed by atoms with Crippen molar-refractivity contribution in [1.82, 2.24) is 19.3 Å². The van der Waals surface area contributed by atoms with Gasteiger partial charge in [0.15, 0.2) is 5.65 Å². The highest BCUT2D eigenvalue weighted by Gasteiger charge is 2.14. The Morgan fingerprint density at radius 2 is 1.88 bits per heavy atom. The first-order chi connectivity index (χ1) is 16.6. The van der Waals surface area contributed by atoms with Crippen LogP contribution in [0.1, 0.15) is 51.1 Å². The minimum absolute atomic E-state index is 0.143. The Morgan fingerprint density at radius 1 is 1.03 bits per heavy atom. The summed E-state index contributed by atoms with van der Waals surface area (Å²) in [5, 5.41) is 3.04. The molecule has 1 N–H and O–H groups in total. The summed E-state index contributed by atoms with van der Waals surface area (Å²) < 4.78 is 1.89. The number of likely N-dealkylation sites (tertiary alicyclic amines) is 1. The van der Waals surface area contributed by atoms with Gasteiger partial charge in [0, 0.05) is 35.8 Å². The Kier molecular flexibility index (Phi) is 6.11. The summed E-state index contributed by atoms with van der Waals surface area (Å²) in [7, 11) is 0. The van der Waals surface area contributed by atoms with Crippen molar-refractivity contribution in [2.45, 2.75) is 33.2 Å². The first kappa shape index (κ1) is 21.9. The van der Waals surface area contributed by atoms with Crippen LogP contribution in [0.2, 0.25) is 0 Å². The number of anilines is 1. The largest absolute Gasteiger partial charge is 0.322 e. The van der Waals surface area contributed by atoms with Gasteiger partial charge in [0.25, 0.3) is 5.91 Å². The third-order valence-electron chi connectivity index (χ3n) is 6.34. The highest BCUT2D eigenvalue weighted by molar-refractivity contribution is 6.04. The second kappa shape index (κ2) is 9.50. The summed E-state index contributed by atoms with van der Waals surface area (Å²) in [6.45, 7) is 7.42. The zero-order valence-electron chi connectivity index (χ0n) is 19.5. The number of carbonyl (C=O) groups is 1. The Bertz CT molecular complexity index is 1420. The summed E-state index contributed by atoms with van der Waals surface area (Å²) in [5.74, 6) is 6.23. The van der Waals surface area contributed by atoms with Crippen molar-refractivity contribution in [1.29, 1.82) is 0 Å². The molecule has 2 aromatic carbocycles. The van der Waals surface area contributed by atoms with Crippen LogP contribution in [-0.2, 0) is 6.54 Å². The van der Waals surface area contributed by atoms with Gasteiger partial charge in [-0.1, -0.05) is 18.1 Å². The summed E-state index contributed by atoms with van der Waals surface area (Å²) in [6.07, 6.45) is 9.53. The van der Waals surface area contributed by atoms with Crippen LogP contribution in [0, 0.1) is 25.7 Å². The van der Waals surface area contributed by atoms with Gasteiger partial charge in [0.2, 0.25) is 0 Å². The minimum atomic E-state index is -0.143. The van der Waals surface area contributed by atoms with Crippen LogP contribution in [-0.4, -0.2) is 38.3 Å². The summed E-state index contributed by atoms with van der Waals surface area (Å²) >= 11 is 0. The van der Waals surface area contributed by atoms with Crippen LogP contribution in [0.5, 0.6) is 0 Å². The Hall–Kier alpha value is -3.95. The van der Waals surface area contributed by atoms with Crippen molar-refractivity contribution < 1.29 is 4.79 Å². The smallest absolute Gasteiger partial charge is 0.255 e. The number of hydrogen-bond donors (Lipinski definition) is 1. The molecule has 3 heterocycles. The fraction of sp³-hybridized carbons (Fsp3) is 0.250. The maximum atomic E-state index is 13.0. The number of amides is 1. The lowest BCUT2D eigenvalue weighted by atomic mass is 10.0. The van der Waals surface area contributed by atoms with E-state index in [4.69, 9.17) is 0 Å². The van der Waals surface area contributed by atoms with E-state index in [9.17, 15) is 4.79 Å². The number of aryl methyl sites for hydroxylation is 2. The molecule has 0 saturated carbocycles. The second-order valence-corrected chi connectivity index (χ2v) is 8.81. The van der Waals surface area contributed by atoms with Crippen LogP contribution in [0.4, 0.5) is 5.69 Å². The van der Waals surface area contributed by atoms with Gasteiger partial charge >= 0.3 is 0 Å². The predicted octanol–water partition coefficient (Wildman–Crippen LogP) is 4.59. The molecule has 1 aliphatic rings. The summed E-state index contributed by atoms with van der Waals surface area (Å²) in [6, 6.07) is 11.8. The van der Waals surface area contributed by atoms with Gasteiger partial charge in [-0.2, -0.15) is 0 Å². The van der Waals surface area contributed by atoms with E-state index >= 15 is 0 Å². The average Bonchev–Trinajstić information content (AvgIpc) is 3.50. The maximum absolute atomic E-state index is 13.0. The van der Waals surface area contributed by atoms with E-state index in [1.807, 2.05) is 41.8 Å². The quantitative estimate of drug-likeness (QED) is 0.463. The average molecular weight is 450 g/mol. The highest BCUT2D eigenvalue weighted by atomic mass is 16.1. The Morgan fingerprint density at radius 3 is 2.71 bits per heavy atom. The second-order valence-electron chi connectivity index (χ2n) is 8.81. The summed E-state index contributed by atoms with van der Waals surface area (Å²) in [5.41, 5.74) is 7.25. The fourth-order valence-corrected chi connectivity index (χ4v) is 4.30. The standard InChI is InChI=1S/C28H27N5O/c1-20-5-6-23(16-22(20)8-10-26-17-30-27-18-29-11-14-33(26)27)28(34)31-25-9-7-24(21(2)15-25)19-32-12-3-4-13-32/h5-7,9,11,14-18H,3-4,12-13,19H2,1-2H3,(H,31,34). The molecule has 6 heteroatoms. The number of rotatable bonds is 4. The molecule has 0 bridgehead atoms. The number of benzene rings is 2. The number of hydrogen-bond acceptors (Lipinski definition) is 4. The molecule has 2 aromatic heterocycles. The van der Waals surface area contributed by atoms with Crippen LogP contribution < -0.4 is 5.32 Å². The molecular formula is C28H27N5O. The van der Waals surface area contributed by atoms with Crippen molar-refractivity contribution in [3.05, 3.63) is 94.7 Å². The normalized spacial score (nSPS) is 13.6. The molecule has 34 heavy (non-hydrogen) atoms. The fourth-order valence-electron chi connectivity index (χ4n) is 4.30.